The Hall–Kier alpha value is -12.4. The summed E-state index contributed by atoms with van der Waals surface area (Å²) in [6.07, 6.45) is -12.7. The Balaban J connectivity index is 0.990. The van der Waals surface area contributed by atoms with E-state index in [9.17, 15) is 79.2 Å². The highest BCUT2D eigenvalue weighted by Gasteiger charge is 2.54. The summed E-state index contributed by atoms with van der Waals surface area (Å²) in [4.78, 5) is 115. The lowest BCUT2D eigenvalue weighted by Gasteiger charge is -2.39. The van der Waals surface area contributed by atoms with Gasteiger partial charge in [0.2, 0.25) is 48.8 Å². The van der Waals surface area contributed by atoms with E-state index in [1.807, 2.05) is 0 Å². The maximum atomic E-state index is 12.8. The first-order valence-electron chi connectivity index (χ1n) is 26.5. The number of rotatable bonds is 12. The molecule has 28 nitrogen and oxygen atoms in total. The van der Waals surface area contributed by atoms with Gasteiger partial charge in [-0.05, 0) is 72.8 Å². The van der Waals surface area contributed by atoms with Crippen molar-refractivity contribution in [1.82, 2.24) is 19.9 Å². The molecule has 0 spiro atoms. The number of ether oxygens (including phenoxy) is 8. The van der Waals surface area contributed by atoms with Crippen molar-refractivity contribution in [2.45, 2.75) is 48.8 Å². The van der Waals surface area contributed by atoms with Gasteiger partial charge in [-0.15, -0.1) is 0 Å². The molecule has 28 heteroatoms. The molecule has 21 rings (SSSR count). The third-order valence-corrected chi connectivity index (χ3v) is 17.1. The molecule has 16 bridgehead atoms. The molecule has 0 aliphatic carbocycles. The zero-order chi connectivity index (χ0) is 60.7. The van der Waals surface area contributed by atoms with Crippen LogP contribution >= 0.6 is 0 Å². The monoisotopic (exact) mass is 1190 g/mol. The summed E-state index contributed by atoms with van der Waals surface area (Å²) in [6.45, 7) is 0. The topological polar surface area (TPSA) is 435 Å². The zero-order valence-corrected chi connectivity index (χ0v) is 43.7. The minimum absolute atomic E-state index is 0.0223. The SMILES string of the molecule is O=C(O)C1Oc2c(C3=c4ccc([nH]4)=C(c4cc5c6c(c4OC5C(=O)O)OC6C(=O)O)c4ccc([nH]4)C(c4cc5c6c(c4OC5C(=O)O)OC6C(=O)O)=c4ccc([nH]4)=C(c4cc5c6c(c4OC5C(=O)O)OC6C(=O)O)c4ccc3[nH]4)cc1c1c2OC1C(=O)O. The Labute approximate surface area is 484 Å². The fourth-order valence-electron chi connectivity index (χ4n) is 13.4. The van der Waals surface area contributed by atoms with Crippen molar-refractivity contribution >= 4 is 70.0 Å². The molecule has 8 aromatic rings. The van der Waals surface area contributed by atoms with Crippen molar-refractivity contribution in [3.8, 4) is 46.0 Å². The molecule has 0 fully saturated rings. The highest BCUT2D eigenvalue weighted by molar-refractivity contribution is 5.98. The van der Waals surface area contributed by atoms with E-state index in [4.69, 9.17) is 37.9 Å². The number of H-pyrrole nitrogens is 4. The molecule has 4 aromatic heterocycles. The summed E-state index contributed by atoms with van der Waals surface area (Å²) in [6, 6.07) is 19.1. The van der Waals surface area contributed by atoms with Crippen LogP contribution in [-0.4, -0.2) is 109 Å². The summed E-state index contributed by atoms with van der Waals surface area (Å²) >= 11 is 0. The fourth-order valence-corrected chi connectivity index (χ4v) is 13.4. The Morgan fingerprint density at radius 3 is 0.648 bits per heavy atom. The zero-order valence-electron chi connectivity index (χ0n) is 43.7. The van der Waals surface area contributed by atoms with Crippen LogP contribution in [0.3, 0.4) is 0 Å². The minimum atomic E-state index is -1.65. The van der Waals surface area contributed by atoms with Crippen molar-refractivity contribution < 1.29 is 117 Å². The van der Waals surface area contributed by atoms with Crippen molar-refractivity contribution in [2.75, 3.05) is 0 Å². The lowest BCUT2D eigenvalue weighted by molar-refractivity contribution is -0.151. The highest BCUT2D eigenvalue weighted by Crippen LogP contribution is 2.62. The van der Waals surface area contributed by atoms with Crippen molar-refractivity contribution in [3.05, 3.63) is 184 Å². The van der Waals surface area contributed by atoms with E-state index in [-0.39, 0.29) is 179 Å². The normalized spacial score (nSPS) is 22.1. The molecule has 0 radical (unpaired) electrons. The number of hydrogen-bond acceptors (Lipinski definition) is 16. The molecule has 4 aromatic carbocycles. The van der Waals surface area contributed by atoms with Crippen LogP contribution in [0.4, 0.5) is 0 Å². The van der Waals surface area contributed by atoms with E-state index in [2.05, 4.69) is 19.9 Å². The molecule has 17 heterocycles. The number of fused-ring (bicyclic) bond motifs is 16. The van der Waals surface area contributed by atoms with Gasteiger partial charge >= 0.3 is 47.8 Å². The third-order valence-electron chi connectivity index (χ3n) is 17.1. The molecule has 0 amide bonds. The van der Waals surface area contributed by atoms with E-state index < -0.39 is 96.6 Å². The second kappa shape index (κ2) is 16.7. The summed E-state index contributed by atoms with van der Waals surface area (Å²) in [5, 5.41) is 83.2. The first kappa shape index (κ1) is 50.2. The number of carboxylic acid groups (broad SMARTS) is 8. The van der Waals surface area contributed by atoms with Crippen LogP contribution in [0, 0.1) is 0 Å². The van der Waals surface area contributed by atoms with Gasteiger partial charge in [-0.25, -0.2) is 38.4 Å². The van der Waals surface area contributed by atoms with Crippen LogP contribution in [0.2, 0.25) is 0 Å². The van der Waals surface area contributed by atoms with Gasteiger partial charge in [0.15, 0.2) is 46.0 Å². The predicted octanol–water partition coefficient (Wildman–Crippen LogP) is 2.45. The van der Waals surface area contributed by atoms with E-state index in [1.165, 1.54) is 24.3 Å². The largest absolute Gasteiger partial charge is 0.478 e. The van der Waals surface area contributed by atoms with Crippen molar-refractivity contribution in [2.24, 2.45) is 0 Å². The van der Waals surface area contributed by atoms with Crippen molar-refractivity contribution in [1.29, 1.82) is 0 Å². The summed E-state index contributed by atoms with van der Waals surface area (Å²) in [5.74, 6) is -11.9. The van der Waals surface area contributed by atoms with E-state index >= 15 is 0 Å². The van der Waals surface area contributed by atoms with Crippen LogP contribution in [0.25, 0.3) is 22.3 Å². The van der Waals surface area contributed by atoms with E-state index in [1.54, 1.807) is 48.5 Å². The van der Waals surface area contributed by atoms with Crippen LogP contribution in [0.1, 0.15) is 138 Å². The lowest BCUT2D eigenvalue weighted by Crippen LogP contribution is -2.36. The van der Waals surface area contributed by atoms with Gasteiger partial charge in [0.05, 0.1) is 22.3 Å². The highest BCUT2D eigenvalue weighted by atomic mass is 16.6. The van der Waals surface area contributed by atoms with Gasteiger partial charge in [-0.1, -0.05) is 0 Å². The molecule has 436 valence electrons. The standard InChI is InChI=1S/C60H32N4O24/c65-53(66)41-17-9-13(37(81-41)45-33(17)49(85-45)57(73)74)29-21-1-2-22(61-21)30(14-10-18-34-46(86-50(34)58(75)76)38(14)82-42(18)54(67)68)24-5-6-26(63-24)32(16-12-20-36-48(88-52(36)60(79)80)40(16)84-44(20)56(71)72)28-8-7-27(64-28)31(25-4-3-23(29)62-25)15-11-19-35-47(87-51(35)59(77)78)39(15)83-43(19)55(69)70/h1-12,41-44,49-52,61-64H,(H,65,66)(H,67,68)(H,69,70)(H,71,72)(H,73,74)(H,75,76)(H,77,78)(H,79,80). The van der Waals surface area contributed by atoms with Crippen LogP contribution in [-0.2, 0) is 38.4 Å². The lowest BCUT2D eigenvalue weighted by atomic mass is 9.85. The first-order valence-corrected chi connectivity index (χ1v) is 26.5. The second-order valence-electron chi connectivity index (χ2n) is 21.7. The van der Waals surface area contributed by atoms with E-state index in [0.717, 1.165) is 0 Å². The maximum Gasteiger partial charge on any atom is 0.349 e. The predicted molar refractivity (Wildman–Crippen MR) is 282 cm³/mol. The Morgan fingerprint density at radius 2 is 0.455 bits per heavy atom. The molecule has 13 aliphatic heterocycles. The number of aromatic amines is 4. The molecule has 12 N–H and O–H groups in total. The third kappa shape index (κ3) is 6.34. The second-order valence-corrected chi connectivity index (χ2v) is 21.7. The average Bonchev–Trinajstić information content (AvgIpc) is 1.09. The molecule has 0 saturated heterocycles. The quantitative estimate of drug-likeness (QED) is 0.0835. The smallest absolute Gasteiger partial charge is 0.349 e. The number of aliphatic carboxylic acids is 8. The summed E-state index contributed by atoms with van der Waals surface area (Å²) < 4.78 is 47.7. The van der Waals surface area contributed by atoms with Crippen LogP contribution in [0.5, 0.6) is 46.0 Å². The first-order chi connectivity index (χ1) is 42.2. The average molecular weight is 1190 g/mol. The molecule has 8 atom stereocenters. The van der Waals surface area contributed by atoms with Gasteiger partial charge < -0.3 is 98.7 Å². The molecule has 88 heavy (non-hydrogen) atoms. The van der Waals surface area contributed by atoms with Gasteiger partial charge in [-0.3, -0.25) is 0 Å². The van der Waals surface area contributed by atoms with Crippen molar-refractivity contribution in [3.63, 3.8) is 0 Å². The number of nitrogens with one attached hydrogen (secondary N) is 4. The molecule has 13 aliphatic rings. The number of hydrogen-bond donors (Lipinski definition) is 12. The molecular weight excluding hydrogens is 1160 g/mol. The van der Waals surface area contributed by atoms with Crippen LogP contribution < -0.4 is 59.3 Å². The van der Waals surface area contributed by atoms with Gasteiger partial charge in [0.25, 0.3) is 0 Å². The Morgan fingerprint density at radius 1 is 0.261 bits per heavy atom. The van der Waals surface area contributed by atoms with Gasteiger partial charge in [0, 0.05) is 111 Å². The van der Waals surface area contributed by atoms with Gasteiger partial charge in [-0.2, -0.15) is 0 Å². The van der Waals surface area contributed by atoms with Gasteiger partial charge in [0.1, 0.15) is 0 Å². The molecular formula is C60H32N4O24. The Kier molecular flexibility index (Phi) is 9.53. The Bertz CT molecular complexity index is 4490. The number of benzene rings is 4. The van der Waals surface area contributed by atoms with Crippen LogP contribution in [0.15, 0.2) is 72.8 Å². The number of carbonyl (C=O) groups is 8. The molecule has 8 unspecified atom stereocenters. The summed E-state index contributed by atoms with van der Waals surface area (Å²) in [7, 11) is 0. The summed E-state index contributed by atoms with van der Waals surface area (Å²) in [5.41, 5.74) is 3.14. The maximum absolute atomic E-state index is 12.8. The molecule has 0 saturated carbocycles. The van der Waals surface area contributed by atoms with E-state index in [0.29, 0.717) is 0 Å². The minimum Gasteiger partial charge on any atom is -0.478 e. The number of aromatic nitrogens is 4. The fraction of sp³-hybridized carbons (Fsp3) is 0.133. The number of carboxylic acids is 8.